The smallest absolute Gasteiger partial charge is 0.318 e. The van der Waals surface area contributed by atoms with Crippen LogP contribution < -0.4 is 5.32 Å². The minimum atomic E-state index is -0.664. The summed E-state index contributed by atoms with van der Waals surface area (Å²) in [6.45, 7) is 7.25. The van der Waals surface area contributed by atoms with Crippen molar-refractivity contribution >= 4 is 11.9 Å². The van der Waals surface area contributed by atoms with Crippen LogP contribution in [0.2, 0.25) is 0 Å². The molecule has 3 amide bonds. The second-order valence-corrected chi connectivity index (χ2v) is 5.40. The van der Waals surface area contributed by atoms with Crippen LogP contribution in [0.15, 0.2) is 30.3 Å². The molecule has 6 heteroatoms. The molecule has 1 atom stereocenters. The van der Waals surface area contributed by atoms with Gasteiger partial charge in [-0.1, -0.05) is 30.3 Å². The number of urea groups is 1. The summed E-state index contributed by atoms with van der Waals surface area (Å²) in [6.07, 6.45) is 0. The van der Waals surface area contributed by atoms with Gasteiger partial charge < -0.3 is 19.9 Å². The Bertz CT molecular complexity index is 511. The molecule has 0 saturated carbocycles. The van der Waals surface area contributed by atoms with E-state index >= 15 is 0 Å². The molecule has 126 valence electrons. The zero-order valence-corrected chi connectivity index (χ0v) is 13.8. The molecular weight excluding hydrogens is 294 g/mol. The molecule has 1 aliphatic rings. The van der Waals surface area contributed by atoms with Gasteiger partial charge in [0.2, 0.25) is 5.91 Å². The average molecular weight is 319 g/mol. The van der Waals surface area contributed by atoms with E-state index in [9.17, 15) is 9.59 Å². The Morgan fingerprint density at radius 2 is 1.78 bits per heavy atom. The van der Waals surface area contributed by atoms with E-state index in [4.69, 9.17) is 4.74 Å². The Balaban J connectivity index is 2.18. The molecule has 1 fully saturated rings. The molecule has 0 bridgehead atoms. The largest absolute Gasteiger partial charge is 0.378 e. The Labute approximate surface area is 137 Å². The van der Waals surface area contributed by atoms with Gasteiger partial charge in [-0.25, -0.2) is 4.79 Å². The molecule has 1 aromatic carbocycles. The number of nitrogens with zero attached hydrogens (tertiary/aromatic N) is 2. The van der Waals surface area contributed by atoms with E-state index in [1.54, 1.807) is 9.80 Å². The Morgan fingerprint density at radius 1 is 1.17 bits per heavy atom. The van der Waals surface area contributed by atoms with Gasteiger partial charge in [-0.15, -0.1) is 0 Å². The Morgan fingerprint density at radius 3 is 2.35 bits per heavy atom. The van der Waals surface area contributed by atoms with Gasteiger partial charge in [0.1, 0.15) is 6.04 Å². The van der Waals surface area contributed by atoms with Crippen LogP contribution in [0.3, 0.4) is 0 Å². The van der Waals surface area contributed by atoms with E-state index in [0.717, 1.165) is 5.56 Å². The van der Waals surface area contributed by atoms with Crippen molar-refractivity contribution in [1.29, 1.82) is 0 Å². The molecule has 0 aliphatic carbocycles. The minimum Gasteiger partial charge on any atom is -0.378 e. The molecule has 0 radical (unpaired) electrons. The predicted molar refractivity (Wildman–Crippen MR) is 88.0 cm³/mol. The summed E-state index contributed by atoms with van der Waals surface area (Å²) >= 11 is 0. The number of carbonyl (C=O) groups excluding carboxylic acids is 2. The van der Waals surface area contributed by atoms with Crippen LogP contribution in [0.4, 0.5) is 4.79 Å². The molecule has 1 aliphatic heterocycles. The quantitative estimate of drug-likeness (QED) is 0.897. The van der Waals surface area contributed by atoms with Gasteiger partial charge in [0.15, 0.2) is 0 Å². The minimum absolute atomic E-state index is 0.0833. The summed E-state index contributed by atoms with van der Waals surface area (Å²) in [4.78, 5) is 28.7. The second kappa shape index (κ2) is 8.53. The summed E-state index contributed by atoms with van der Waals surface area (Å²) in [6, 6.07) is 8.49. The van der Waals surface area contributed by atoms with Gasteiger partial charge in [-0.05, 0) is 19.4 Å². The summed E-state index contributed by atoms with van der Waals surface area (Å²) in [5, 5.41) is 2.89. The lowest BCUT2D eigenvalue weighted by Gasteiger charge is -2.32. The molecule has 0 aromatic heterocycles. The number of benzene rings is 1. The second-order valence-electron chi connectivity index (χ2n) is 5.40. The lowest BCUT2D eigenvalue weighted by molar-refractivity contribution is -0.137. The number of hydrogen-bond acceptors (Lipinski definition) is 3. The fourth-order valence-electron chi connectivity index (χ4n) is 2.63. The molecule has 1 saturated heterocycles. The molecule has 6 nitrogen and oxygen atoms in total. The maximum Gasteiger partial charge on any atom is 0.318 e. The van der Waals surface area contributed by atoms with Crippen molar-refractivity contribution in [3.05, 3.63) is 35.9 Å². The Kier molecular flexibility index (Phi) is 6.40. The lowest BCUT2D eigenvalue weighted by atomic mass is 10.1. The third-order valence-corrected chi connectivity index (χ3v) is 4.02. The van der Waals surface area contributed by atoms with Crippen LogP contribution in [0.1, 0.15) is 25.5 Å². The van der Waals surface area contributed by atoms with Crippen LogP contribution in [0, 0.1) is 0 Å². The number of morpholine rings is 1. The third kappa shape index (κ3) is 4.45. The van der Waals surface area contributed by atoms with Crippen molar-refractivity contribution in [3.63, 3.8) is 0 Å². The summed E-state index contributed by atoms with van der Waals surface area (Å²) in [5.41, 5.74) is 0.796. The fraction of sp³-hybridized carbons (Fsp3) is 0.529. The van der Waals surface area contributed by atoms with Crippen LogP contribution in [-0.2, 0) is 9.53 Å². The first-order valence-electron chi connectivity index (χ1n) is 8.14. The third-order valence-electron chi connectivity index (χ3n) is 4.02. The maximum atomic E-state index is 12.9. The number of carbonyl (C=O) groups is 2. The number of rotatable bonds is 5. The maximum absolute atomic E-state index is 12.9. The van der Waals surface area contributed by atoms with Crippen LogP contribution in [-0.4, -0.2) is 61.1 Å². The van der Waals surface area contributed by atoms with Crippen molar-refractivity contribution in [2.45, 2.75) is 19.9 Å². The first kappa shape index (κ1) is 17.3. The first-order chi connectivity index (χ1) is 11.2. The van der Waals surface area contributed by atoms with Crippen molar-refractivity contribution in [2.75, 3.05) is 39.4 Å². The van der Waals surface area contributed by atoms with E-state index in [-0.39, 0.29) is 11.9 Å². The zero-order valence-electron chi connectivity index (χ0n) is 13.8. The molecule has 1 N–H and O–H groups in total. The first-order valence-corrected chi connectivity index (χ1v) is 8.14. The van der Waals surface area contributed by atoms with Crippen molar-refractivity contribution in [3.8, 4) is 0 Å². The van der Waals surface area contributed by atoms with Crippen LogP contribution in [0.25, 0.3) is 0 Å². The molecule has 0 spiro atoms. The Hall–Kier alpha value is -2.08. The number of nitrogens with one attached hydrogen (secondary N) is 1. The highest BCUT2D eigenvalue weighted by molar-refractivity contribution is 5.88. The van der Waals surface area contributed by atoms with Gasteiger partial charge in [0.05, 0.1) is 13.2 Å². The highest BCUT2D eigenvalue weighted by Gasteiger charge is 2.29. The summed E-state index contributed by atoms with van der Waals surface area (Å²) in [5.74, 6) is -0.0833. The molecule has 1 heterocycles. The number of amides is 3. The van der Waals surface area contributed by atoms with Crippen molar-refractivity contribution < 1.29 is 14.3 Å². The molecule has 0 unspecified atom stereocenters. The average Bonchev–Trinajstić information content (AvgIpc) is 2.61. The lowest BCUT2D eigenvalue weighted by Crippen LogP contribution is -2.50. The van der Waals surface area contributed by atoms with Crippen molar-refractivity contribution in [1.82, 2.24) is 15.1 Å². The van der Waals surface area contributed by atoms with E-state index in [1.165, 1.54) is 0 Å². The number of hydrogen-bond donors (Lipinski definition) is 1. The zero-order chi connectivity index (χ0) is 16.7. The monoisotopic (exact) mass is 319 g/mol. The highest BCUT2D eigenvalue weighted by Crippen LogP contribution is 2.17. The predicted octanol–water partition coefficient (Wildman–Crippen LogP) is 1.64. The normalized spacial score (nSPS) is 15.8. The highest BCUT2D eigenvalue weighted by atomic mass is 16.5. The van der Waals surface area contributed by atoms with Gasteiger partial charge in [-0.3, -0.25) is 4.79 Å². The van der Waals surface area contributed by atoms with E-state index in [0.29, 0.717) is 39.4 Å². The van der Waals surface area contributed by atoms with E-state index in [1.807, 2.05) is 44.2 Å². The topological polar surface area (TPSA) is 61.9 Å². The van der Waals surface area contributed by atoms with Gasteiger partial charge in [-0.2, -0.15) is 0 Å². The van der Waals surface area contributed by atoms with Gasteiger partial charge in [0, 0.05) is 26.2 Å². The van der Waals surface area contributed by atoms with E-state index in [2.05, 4.69) is 5.32 Å². The standard InChI is InChI=1S/C17H25N3O3/c1-3-19(4-2)17(22)18-15(14-8-6-5-7-9-14)16(21)20-10-12-23-13-11-20/h5-9,15H,3-4,10-13H2,1-2H3,(H,18,22)/t15-/m0/s1. The molecule has 1 aromatic rings. The van der Waals surface area contributed by atoms with E-state index < -0.39 is 6.04 Å². The summed E-state index contributed by atoms with van der Waals surface area (Å²) in [7, 11) is 0. The van der Waals surface area contributed by atoms with Crippen LogP contribution >= 0.6 is 0 Å². The molecule has 2 rings (SSSR count). The SMILES string of the molecule is CCN(CC)C(=O)N[C@H](C(=O)N1CCOCC1)c1ccccc1. The van der Waals surface area contributed by atoms with Gasteiger partial charge in [0.25, 0.3) is 0 Å². The fourth-order valence-corrected chi connectivity index (χ4v) is 2.63. The number of ether oxygens (including phenoxy) is 1. The molecular formula is C17H25N3O3. The van der Waals surface area contributed by atoms with Gasteiger partial charge >= 0.3 is 6.03 Å². The molecule has 23 heavy (non-hydrogen) atoms. The summed E-state index contributed by atoms with van der Waals surface area (Å²) < 4.78 is 5.30. The van der Waals surface area contributed by atoms with Crippen LogP contribution in [0.5, 0.6) is 0 Å². The van der Waals surface area contributed by atoms with Crippen molar-refractivity contribution in [2.24, 2.45) is 0 Å².